The molecule has 2 fully saturated rings. The molecule has 0 spiro atoms. The van der Waals surface area contributed by atoms with Gasteiger partial charge >= 0.3 is 6.09 Å². The number of fused-ring (bicyclic) bond motifs is 2. The maximum atomic E-state index is 12.5. The van der Waals surface area contributed by atoms with Gasteiger partial charge in [-0.25, -0.2) is 9.78 Å². The summed E-state index contributed by atoms with van der Waals surface area (Å²) < 4.78 is 0.548. The Hall–Kier alpha value is -2.68. The number of piperidine rings is 1. The van der Waals surface area contributed by atoms with E-state index in [1.54, 1.807) is 6.20 Å². The average molecular weight is 357 g/mol. The van der Waals surface area contributed by atoms with Crippen LogP contribution in [0.15, 0.2) is 17.1 Å². The molecule has 2 aliphatic rings. The first-order chi connectivity index (χ1) is 12.0. The number of aromatic nitrogens is 4. The normalized spacial score (nSPS) is 24.7. The molecule has 128 valence electrons. The third kappa shape index (κ3) is 2.12. The number of carboxylic acid groups (broad SMARTS) is 1. The van der Waals surface area contributed by atoms with Gasteiger partial charge in [0.25, 0.3) is 5.56 Å². The van der Waals surface area contributed by atoms with E-state index in [1.807, 2.05) is 13.0 Å². The van der Waals surface area contributed by atoms with Gasteiger partial charge in [-0.05, 0) is 31.2 Å². The fraction of sp³-hybridized carbons (Fsp3) is 0.375. The standard InChI is InChI=1S/C16H15N5O3S/c1-6-9(4-17-20-6)11-3-10-13(25-11)15(22)19-14(18-10)12-8-2-7(8)5-21(12)16(23)24/h3-4,7-8,12H,2,5H2,1H3,(H,17,20)(H,23,24)(H,18,19,22)/t7-,8?,12?/m1/s1. The van der Waals surface area contributed by atoms with Crippen molar-refractivity contribution in [3.05, 3.63) is 34.1 Å². The molecule has 1 saturated heterocycles. The molecule has 1 saturated carbocycles. The second-order valence-electron chi connectivity index (χ2n) is 6.72. The monoisotopic (exact) mass is 357 g/mol. The van der Waals surface area contributed by atoms with E-state index in [1.165, 1.54) is 16.2 Å². The summed E-state index contributed by atoms with van der Waals surface area (Å²) in [4.78, 5) is 33.8. The number of hydrogen-bond donors (Lipinski definition) is 3. The summed E-state index contributed by atoms with van der Waals surface area (Å²) in [5.74, 6) is 1.12. The molecule has 3 atom stereocenters. The highest BCUT2D eigenvalue weighted by atomic mass is 32.1. The Balaban J connectivity index is 1.63. The van der Waals surface area contributed by atoms with E-state index in [0.717, 1.165) is 22.6 Å². The zero-order chi connectivity index (χ0) is 17.3. The molecule has 3 N–H and O–H groups in total. The molecule has 3 aromatic rings. The van der Waals surface area contributed by atoms with Crippen LogP contribution >= 0.6 is 11.3 Å². The van der Waals surface area contributed by atoms with E-state index in [2.05, 4.69) is 20.2 Å². The van der Waals surface area contributed by atoms with Crippen molar-refractivity contribution in [1.29, 1.82) is 0 Å². The first-order valence-electron chi connectivity index (χ1n) is 8.06. The van der Waals surface area contributed by atoms with Crippen molar-refractivity contribution in [2.75, 3.05) is 6.54 Å². The van der Waals surface area contributed by atoms with Crippen molar-refractivity contribution in [2.24, 2.45) is 11.8 Å². The molecule has 4 heterocycles. The van der Waals surface area contributed by atoms with Crippen molar-refractivity contribution >= 4 is 27.6 Å². The third-order valence-electron chi connectivity index (χ3n) is 5.17. The molecule has 1 amide bonds. The van der Waals surface area contributed by atoms with Crippen LogP contribution in [0.3, 0.4) is 0 Å². The highest BCUT2D eigenvalue weighted by molar-refractivity contribution is 7.22. The van der Waals surface area contributed by atoms with Gasteiger partial charge in [-0.1, -0.05) is 0 Å². The smallest absolute Gasteiger partial charge is 0.407 e. The largest absolute Gasteiger partial charge is 0.465 e. The number of carbonyl (C=O) groups is 1. The minimum Gasteiger partial charge on any atom is -0.465 e. The molecule has 0 radical (unpaired) electrons. The van der Waals surface area contributed by atoms with Gasteiger partial charge in [-0.15, -0.1) is 11.3 Å². The first kappa shape index (κ1) is 14.6. The van der Waals surface area contributed by atoms with Crippen LogP contribution in [0.2, 0.25) is 0 Å². The second-order valence-corrected chi connectivity index (χ2v) is 7.78. The molecular weight excluding hydrogens is 342 g/mol. The van der Waals surface area contributed by atoms with Gasteiger partial charge in [0, 0.05) is 22.7 Å². The van der Waals surface area contributed by atoms with Crippen LogP contribution in [0.25, 0.3) is 20.7 Å². The second kappa shape index (κ2) is 4.92. The minimum atomic E-state index is -0.958. The Labute approximate surface area is 145 Å². The van der Waals surface area contributed by atoms with Gasteiger partial charge in [-0.3, -0.25) is 14.8 Å². The van der Waals surface area contributed by atoms with Gasteiger partial charge in [-0.2, -0.15) is 5.10 Å². The van der Waals surface area contributed by atoms with Crippen LogP contribution in [0.5, 0.6) is 0 Å². The van der Waals surface area contributed by atoms with Crippen LogP contribution in [0.4, 0.5) is 4.79 Å². The number of rotatable bonds is 2. The van der Waals surface area contributed by atoms with E-state index in [9.17, 15) is 14.7 Å². The molecule has 0 bridgehead atoms. The number of nitrogens with zero attached hydrogens (tertiary/aromatic N) is 3. The van der Waals surface area contributed by atoms with Crippen LogP contribution in [0.1, 0.15) is 24.0 Å². The van der Waals surface area contributed by atoms with Gasteiger partial charge in [0.2, 0.25) is 0 Å². The lowest BCUT2D eigenvalue weighted by Crippen LogP contribution is -2.33. The van der Waals surface area contributed by atoms with E-state index < -0.39 is 6.09 Å². The summed E-state index contributed by atoms with van der Waals surface area (Å²) in [5, 5.41) is 16.3. The lowest BCUT2D eigenvalue weighted by Gasteiger charge is -2.23. The summed E-state index contributed by atoms with van der Waals surface area (Å²) in [6.45, 7) is 2.45. The fourth-order valence-electron chi connectivity index (χ4n) is 3.84. The van der Waals surface area contributed by atoms with Crippen molar-refractivity contribution in [1.82, 2.24) is 25.1 Å². The molecule has 1 aliphatic carbocycles. The zero-order valence-corrected chi connectivity index (χ0v) is 14.1. The van der Waals surface area contributed by atoms with Crippen molar-refractivity contribution in [3.63, 3.8) is 0 Å². The van der Waals surface area contributed by atoms with Gasteiger partial charge in [0.05, 0.1) is 17.8 Å². The van der Waals surface area contributed by atoms with Crippen molar-refractivity contribution in [3.8, 4) is 10.4 Å². The minimum absolute atomic E-state index is 0.216. The number of nitrogens with one attached hydrogen (secondary N) is 2. The van der Waals surface area contributed by atoms with Crippen LogP contribution < -0.4 is 5.56 Å². The lowest BCUT2D eigenvalue weighted by atomic mass is 10.1. The Morgan fingerprint density at radius 3 is 3.04 bits per heavy atom. The van der Waals surface area contributed by atoms with Gasteiger partial charge in [0.15, 0.2) is 0 Å². The number of aryl methyl sites for hydroxylation is 1. The van der Waals surface area contributed by atoms with E-state index in [0.29, 0.717) is 28.5 Å². The van der Waals surface area contributed by atoms with E-state index >= 15 is 0 Å². The van der Waals surface area contributed by atoms with E-state index in [-0.39, 0.29) is 17.5 Å². The summed E-state index contributed by atoms with van der Waals surface area (Å²) in [6, 6.07) is 1.53. The number of aromatic amines is 2. The quantitative estimate of drug-likeness (QED) is 0.651. The van der Waals surface area contributed by atoms with Crippen LogP contribution in [-0.2, 0) is 0 Å². The Morgan fingerprint density at radius 2 is 2.32 bits per heavy atom. The fourth-order valence-corrected chi connectivity index (χ4v) is 4.90. The molecule has 1 aliphatic heterocycles. The molecule has 2 unspecified atom stereocenters. The maximum Gasteiger partial charge on any atom is 0.407 e. The van der Waals surface area contributed by atoms with Crippen molar-refractivity contribution < 1.29 is 9.90 Å². The predicted octanol–water partition coefficient (Wildman–Crippen LogP) is 2.35. The summed E-state index contributed by atoms with van der Waals surface area (Å²) in [6.07, 6.45) is 1.77. The highest BCUT2D eigenvalue weighted by Gasteiger charge is 2.55. The van der Waals surface area contributed by atoms with Crippen LogP contribution in [0, 0.1) is 18.8 Å². The van der Waals surface area contributed by atoms with Crippen LogP contribution in [-0.4, -0.2) is 42.8 Å². The molecular formula is C16H15N5O3S. The third-order valence-corrected chi connectivity index (χ3v) is 6.33. The first-order valence-corrected chi connectivity index (χ1v) is 8.88. The Morgan fingerprint density at radius 1 is 1.48 bits per heavy atom. The SMILES string of the molecule is Cc1[nH]ncc1-c1cc2nc(C3C4C[C@@H]4CN3C(=O)O)[nH]c(=O)c2s1. The summed E-state index contributed by atoms with van der Waals surface area (Å²) in [7, 11) is 0. The van der Waals surface area contributed by atoms with Gasteiger partial charge in [0.1, 0.15) is 10.5 Å². The number of H-pyrrole nitrogens is 2. The molecule has 9 heteroatoms. The van der Waals surface area contributed by atoms with Crippen molar-refractivity contribution in [2.45, 2.75) is 19.4 Å². The number of hydrogen-bond acceptors (Lipinski definition) is 5. The number of amides is 1. The average Bonchev–Trinajstić information content (AvgIpc) is 2.92. The molecule has 25 heavy (non-hydrogen) atoms. The Kier molecular flexibility index (Phi) is 2.88. The molecule has 3 aromatic heterocycles. The van der Waals surface area contributed by atoms with E-state index in [4.69, 9.17) is 0 Å². The maximum absolute atomic E-state index is 12.5. The van der Waals surface area contributed by atoms with Gasteiger partial charge < -0.3 is 10.1 Å². The lowest BCUT2D eigenvalue weighted by molar-refractivity contribution is 0.129. The topological polar surface area (TPSA) is 115 Å². The Bertz CT molecular complexity index is 1070. The molecule has 8 nitrogen and oxygen atoms in total. The predicted molar refractivity (Wildman–Crippen MR) is 91.6 cm³/mol. The summed E-state index contributed by atoms with van der Waals surface area (Å²) in [5.41, 5.74) is 2.26. The number of likely N-dealkylation sites (tertiary alicyclic amines) is 1. The molecule has 5 rings (SSSR count). The summed E-state index contributed by atoms with van der Waals surface area (Å²) >= 11 is 1.37. The number of thiophene rings is 1. The molecule has 0 aromatic carbocycles. The highest BCUT2D eigenvalue weighted by Crippen LogP contribution is 2.55. The zero-order valence-electron chi connectivity index (χ0n) is 13.3.